The van der Waals surface area contributed by atoms with E-state index in [2.05, 4.69) is 46.9 Å². The number of hydrogen-bond acceptors (Lipinski definition) is 4. The molecule has 0 unspecified atom stereocenters. The van der Waals surface area contributed by atoms with Gasteiger partial charge in [0.15, 0.2) is 5.65 Å². The van der Waals surface area contributed by atoms with E-state index in [0.29, 0.717) is 26.2 Å². The maximum atomic E-state index is 14.2. The van der Waals surface area contributed by atoms with Crippen molar-refractivity contribution < 1.29 is 9.18 Å². The predicted molar refractivity (Wildman–Crippen MR) is 144 cm³/mol. The first kappa shape index (κ1) is 22.9. The van der Waals surface area contributed by atoms with E-state index in [1.165, 1.54) is 6.07 Å². The lowest BCUT2D eigenvalue weighted by atomic mass is 10.1. The average Bonchev–Trinajstić information content (AvgIpc) is 3.34. The molecule has 1 amide bonds. The molecule has 0 N–H and O–H groups in total. The summed E-state index contributed by atoms with van der Waals surface area (Å²) in [7, 11) is 0. The van der Waals surface area contributed by atoms with Crippen LogP contribution in [0.4, 0.5) is 10.2 Å². The van der Waals surface area contributed by atoms with Crippen LogP contribution in [0.2, 0.25) is 0 Å². The van der Waals surface area contributed by atoms with E-state index in [1.807, 2.05) is 30.3 Å². The number of nitrogens with zero attached hydrogens (tertiary/aromatic N) is 5. The third-order valence-electron chi connectivity index (χ3n) is 6.99. The lowest BCUT2D eigenvalue weighted by Crippen LogP contribution is -2.49. The fourth-order valence-electron chi connectivity index (χ4n) is 5.07. The Morgan fingerprint density at radius 2 is 1.54 bits per heavy atom. The van der Waals surface area contributed by atoms with Crippen LogP contribution in [0, 0.1) is 12.7 Å². The summed E-state index contributed by atoms with van der Waals surface area (Å²) in [6.07, 6.45) is 3.75. The number of hydrogen-bond donors (Lipinski definition) is 0. The molecule has 6 rings (SSSR count). The fraction of sp³-hybridized carbons (Fsp3) is 0.167. The van der Waals surface area contributed by atoms with Gasteiger partial charge in [-0.25, -0.2) is 14.4 Å². The Morgan fingerprint density at radius 3 is 2.30 bits per heavy atom. The zero-order chi connectivity index (χ0) is 25.4. The molecule has 2 aromatic heterocycles. The third kappa shape index (κ3) is 4.12. The number of halogens is 1. The highest BCUT2D eigenvalue weighted by molar-refractivity contribution is 6.02. The third-order valence-corrected chi connectivity index (χ3v) is 6.99. The highest BCUT2D eigenvalue weighted by Crippen LogP contribution is 2.37. The van der Waals surface area contributed by atoms with E-state index in [4.69, 9.17) is 9.97 Å². The number of rotatable bonds is 4. The molecule has 37 heavy (non-hydrogen) atoms. The van der Waals surface area contributed by atoms with Crippen LogP contribution in [0.25, 0.3) is 27.8 Å². The highest BCUT2D eigenvalue weighted by atomic mass is 19.1. The molecule has 3 heterocycles. The predicted octanol–water partition coefficient (Wildman–Crippen LogP) is 5.50. The van der Waals surface area contributed by atoms with E-state index in [-0.39, 0.29) is 11.5 Å². The van der Waals surface area contributed by atoms with Gasteiger partial charge in [0.05, 0.1) is 10.9 Å². The van der Waals surface area contributed by atoms with Crippen LogP contribution in [0.3, 0.4) is 0 Å². The quantitative estimate of drug-likeness (QED) is 0.333. The molecule has 184 valence electrons. The number of piperazine rings is 1. The number of fused-ring (bicyclic) bond motifs is 1. The highest BCUT2D eigenvalue weighted by Gasteiger charge is 2.27. The van der Waals surface area contributed by atoms with Crippen molar-refractivity contribution in [1.29, 1.82) is 0 Å². The average molecular weight is 492 g/mol. The zero-order valence-corrected chi connectivity index (χ0v) is 20.5. The number of carbonyl (C=O) groups is 1. The standard InChI is InChI=1S/C30H26FN5O/c1-21-9-5-8-14-26(21)36-19-24(22-10-3-2-4-11-22)27-28(32-20-33-29(27)36)34-15-17-35(18-16-34)30(37)23-12-6-7-13-25(23)31/h2-14,19-20H,15-18H2,1H3. The molecule has 5 aromatic rings. The molecule has 1 saturated heterocycles. The van der Waals surface area contributed by atoms with Crippen molar-refractivity contribution in [1.82, 2.24) is 19.4 Å². The Kier molecular flexibility index (Phi) is 5.88. The Bertz CT molecular complexity index is 1590. The molecule has 0 spiro atoms. The van der Waals surface area contributed by atoms with Crippen LogP contribution in [-0.4, -0.2) is 51.5 Å². The van der Waals surface area contributed by atoms with Gasteiger partial charge >= 0.3 is 0 Å². The Labute approximate surface area is 214 Å². The van der Waals surface area contributed by atoms with Crippen LogP contribution in [0.15, 0.2) is 91.4 Å². The molecule has 0 saturated carbocycles. The summed E-state index contributed by atoms with van der Waals surface area (Å²) in [5.41, 5.74) is 5.31. The first-order valence-electron chi connectivity index (χ1n) is 12.4. The van der Waals surface area contributed by atoms with Crippen molar-refractivity contribution in [3.05, 3.63) is 108 Å². The Hall–Kier alpha value is -4.52. The van der Waals surface area contributed by atoms with Gasteiger partial charge < -0.3 is 14.4 Å². The first-order valence-corrected chi connectivity index (χ1v) is 12.4. The number of aromatic nitrogens is 3. The second-order valence-corrected chi connectivity index (χ2v) is 9.22. The molecule has 7 heteroatoms. The minimum Gasteiger partial charge on any atom is -0.352 e. The van der Waals surface area contributed by atoms with E-state index in [1.54, 1.807) is 29.4 Å². The molecule has 1 aliphatic rings. The fourth-order valence-corrected chi connectivity index (χ4v) is 5.07. The number of amides is 1. The largest absolute Gasteiger partial charge is 0.352 e. The van der Waals surface area contributed by atoms with Crippen LogP contribution in [-0.2, 0) is 0 Å². The van der Waals surface area contributed by atoms with Gasteiger partial charge in [-0.1, -0.05) is 60.7 Å². The van der Waals surface area contributed by atoms with Crippen molar-refractivity contribution in [3.8, 4) is 16.8 Å². The second-order valence-electron chi connectivity index (χ2n) is 9.22. The normalized spacial score (nSPS) is 13.8. The molecule has 3 aromatic carbocycles. The van der Waals surface area contributed by atoms with Crippen molar-refractivity contribution in [3.63, 3.8) is 0 Å². The number of carbonyl (C=O) groups excluding carboxylic acids is 1. The molecular formula is C30H26FN5O. The topological polar surface area (TPSA) is 54.3 Å². The molecule has 0 bridgehead atoms. The Balaban J connectivity index is 1.39. The number of aryl methyl sites for hydroxylation is 1. The summed E-state index contributed by atoms with van der Waals surface area (Å²) >= 11 is 0. The smallest absolute Gasteiger partial charge is 0.256 e. The van der Waals surface area contributed by atoms with Gasteiger partial charge in [-0.3, -0.25) is 4.79 Å². The van der Waals surface area contributed by atoms with Crippen LogP contribution in [0.5, 0.6) is 0 Å². The minimum atomic E-state index is -0.488. The van der Waals surface area contributed by atoms with E-state index < -0.39 is 5.82 Å². The van der Waals surface area contributed by atoms with Gasteiger partial charge in [-0.15, -0.1) is 0 Å². The first-order chi connectivity index (χ1) is 18.1. The maximum absolute atomic E-state index is 14.2. The van der Waals surface area contributed by atoms with E-state index in [9.17, 15) is 9.18 Å². The molecule has 0 radical (unpaired) electrons. The van der Waals surface area contributed by atoms with Crippen molar-refractivity contribution in [2.45, 2.75) is 6.92 Å². The SMILES string of the molecule is Cc1ccccc1-n1cc(-c2ccccc2)c2c(N3CCN(C(=O)c4ccccc4F)CC3)ncnc21. The molecular weight excluding hydrogens is 465 g/mol. The molecule has 6 nitrogen and oxygen atoms in total. The number of benzene rings is 3. The summed E-state index contributed by atoms with van der Waals surface area (Å²) in [4.78, 5) is 26.3. The molecule has 1 fully saturated rings. The van der Waals surface area contributed by atoms with Crippen molar-refractivity contribution in [2.24, 2.45) is 0 Å². The van der Waals surface area contributed by atoms with E-state index in [0.717, 1.165) is 39.2 Å². The monoisotopic (exact) mass is 491 g/mol. The van der Waals surface area contributed by atoms with Gasteiger partial charge in [0.25, 0.3) is 5.91 Å². The maximum Gasteiger partial charge on any atom is 0.256 e. The molecule has 0 atom stereocenters. The van der Waals surface area contributed by atoms with Gasteiger partial charge in [0.1, 0.15) is 18.0 Å². The van der Waals surface area contributed by atoms with Gasteiger partial charge in [0.2, 0.25) is 0 Å². The second kappa shape index (κ2) is 9.50. The molecule has 0 aliphatic carbocycles. The minimum absolute atomic E-state index is 0.113. The van der Waals surface area contributed by atoms with Crippen molar-refractivity contribution in [2.75, 3.05) is 31.1 Å². The summed E-state index contributed by atoms with van der Waals surface area (Å²) in [6.45, 7) is 4.25. The summed E-state index contributed by atoms with van der Waals surface area (Å²) < 4.78 is 16.3. The summed E-state index contributed by atoms with van der Waals surface area (Å²) in [5, 5.41) is 0.978. The van der Waals surface area contributed by atoms with E-state index >= 15 is 0 Å². The number of anilines is 1. The lowest BCUT2D eigenvalue weighted by Gasteiger charge is -2.35. The van der Waals surface area contributed by atoms with Gasteiger partial charge in [-0.05, 0) is 36.2 Å². The molecule has 1 aliphatic heterocycles. The van der Waals surface area contributed by atoms with Crippen LogP contribution < -0.4 is 4.90 Å². The van der Waals surface area contributed by atoms with Gasteiger partial charge in [-0.2, -0.15) is 0 Å². The zero-order valence-electron chi connectivity index (χ0n) is 20.5. The van der Waals surface area contributed by atoms with Crippen LogP contribution >= 0.6 is 0 Å². The number of para-hydroxylation sites is 1. The van der Waals surface area contributed by atoms with Crippen LogP contribution in [0.1, 0.15) is 15.9 Å². The summed E-state index contributed by atoms with van der Waals surface area (Å²) in [5.74, 6) is 0.0768. The van der Waals surface area contributed by atoms with Crippen molar-refractivity contribution >= 4 is 22.8 Å². The van der Waals surface area contributed by atoms with Gasteiger partial charge in [0, 0.05) is 43.6 Å². The summed E-state index contributed by atoms with van der Waals surface area (Å²) in [6, 6.07) is 24.7. The Morgan fingerprint density at radius 1 is 0.838 bits per heavy atom. The lowest BCUT2D eigenvalue weighted by molar-refractivity contribution is 0.0742.